The molecule has 358 valence electrons. The molecule has 0 aliphatic rings. The topological polar surface area (TPSA) is 216 Å². The summed E-state index contributed by atoms with van der Waals surface area (Å²) in [5.74, 6) is -1.12. The summed E-state index contributed by atoms with van der Waals surface area (Å²) in [5, 5.41) is 18.6. The quantitative estimate of drug-likeness (QED) is 0.0167. The predicted molar refractivity (Wildman–Crippen MR) is 245 cm³/mol. The smallest absolute Gasteiger partial charge is 0.462 e. The SMILES string of the molecule is CCCCC/C=C\C/C=C\CCCCCCCCCC(=O)OC[C@H](COP(=O)(O)OC[C@@H](O)COP(=O)(O)O)OC(=O)CCC/C=C\C/C=C\C/C=C\C/C=C\CCCCCO. The molecule has 14 nitrogen and oxygen atoms in total. The Bertz CT molecular complexity index is 1370. The number of phosphoric ester groups is 2. The molecule has 0 aromatic rings. The van der Waals surface area contributed by atoms with Crippen LogP contribution in [-0.2, 0) is 41.8 Å². The average Bonchev–Trinajstić information content (AvgIpc) is 3.23. The number of hydrogen-bond acceptors (Lipinski definition) is 11. The molecule has 3 atom stereocenters. The molecule has 1 unspecified atom stereocenters. The second-order valence-corrected chi connectivity index (χ2v) is 17.7. The fourth-order valence-electron chi connectivity index (χ4n) is 5.64. The monoisotopic (exact) mass is 919 g/mol. The Balaban J connectivity index is 4.60. The van der Waals surface area contributed by atoms with E-state index in [1.54, 1.807) is 0 Å². The van der Waals surface area contributed by atoms with Crippen molar-refractivity contribution in [3.05, 3.63) is 72.9 Å². The molecule has 0 saturated heterocycles. The highest BCUT2D eigenvalue weighted by Crippen LogP contribution is 2.43. The summed E-state index contributed by atoms with van der Waals surface area (Å²) in [6, 6.07) is 0. The first kappa shape index (κ1) is 59.5. The molecule has 0 aromatic carbocycles. The molecule has 0 rings (SSSR count). The summed E-state index contributed by atoms with van der Waals surface area (Å²) in [6.45, 7) is -0.337. The molecule has 0 fully saturated rings. The Morgan fingerprint density at radius 2 is 0.919 bits per heavy atom. The second kappa shape index (κ2) is 42.5. The Morgan fingerprint density at radius 1 is 0.500 bits per heavy atom. The first-order valence-electron chi connectivity index (χ1n) is 22.7. The highest BCUT2D eigenvalue weighted by atomic mass is 31.2. The molecule has 0 aliphatic carbocycles. The Hall–Kier alpha value is -2.48. The number of unbranched alkanes of at least 4 members (excludes halogenated alkanes) is 14. The summed E-state index contributed by atoms with van der Waals surface area (Å²) in [7, 11) is -9.71. The van der Waals surface area contributed by atoms with E-state index in [2.05, 4.69) is 76.7 Å². The van der Waals surface area contributed by atoms with Crippen LogP contribution in [0.5, 0.6) is 0 Å². The fourth-order valence-corrected chi connectivity index (χ4v) is 6.80. The van der Waals surface area contributed by atoms with E-state index in [-0.39, 0.29) is 19.4 Å². The van der Waals surface area contributed by atoms with Crippen molar-refractivity contribution >= 4 is 27.6 Å². The lowest BCUT2D eigenvalue weighted by Gasteiger charge is -2.20. The molecule has 62 heavy (non-hydrogen) atoms. The highest BCUT2D eigenvalue weighted by molar-refractivity contribution is 7.47. The van der Waals surface area contributed by atoms with E-state index in [4.69, 9.17) is 28.9 Å². The summed E-state index contributed by atoms with van der Waals surface area (Å²) in [4.78, 5) is 52.7. The van der Waals surface area contributed by atoms with Crippen LogP contribution in [0.2, 0.25) is 0 Å². The number of esters is 2. The molecule has 0 amide bonds. The van der Waals surface area contributed by atoms with Crippen LogP contribution in [0.4, 0.5) is 0 Å². The lowest BCUT2D eigenvalue weighted by Crippen LogP contribution is -2.29. The minimum Gasteiger partial charge on any atom is -0.462 e. The van der Waals surface area contributed by atoms with Crippen molar-refractivity contribution in [2.75, 3.05) is 33.0 Å². The number of aliphatic hydroxyl groups excluding tert-OH is 2. The molecule has 0 bridgehead atoms. The van der Waals surface area contributed by atoms with Crippen LogP contribution >= 0.6 is 15.6 Å². The summed E-state index contributed by atoms with van der Waals surface area (Å²) >= 11 is 0. The van der Waals surface area contributed by atoms with Crippen LogP contribution in [0.15, 0.2) is 72.9 Å². The van der Waals surface area contributed by atoms with E-state index in [1.165, 1.54) is 25.7 Å². The number of allylic oxidation sites excluding steroid dienone is 12. The Morgan fingerprint density at radius 3 is 1.44 bits per heavy atom. The van der Waals surface area contributed by atoms with E-state index in [9.17, 15) is 28.7 Å². The first-order chi connectivity index (χ1) is 29.9. The number of rotatable bonds is 43. The molecule has 0 heterocycles. The van der Waals surface area contributed by atoms with Gasteiger partial charge in [0.25, 0.3) is 0 Å². The number of carbonyl (C=O) groups excluding carboxylic acids is 2. The van der Waals surface area contributed by atoms with Crippen LogP contribution in [0.3, 0.4) is 0 Å². The van der Waals surface area contributed by atoms with E-state index >= 15 is 0 Å². The van der Waals surface area contributed by atoms with Crippen LogP contribution in [0, 0.1) is 0 Å². The lowest BCUT2D eigenvalue weighted by atomic mass is 10.1. The highest BCUT2D eigenvalue weighted by Gasteiger charge is 2.28. The molecule has 0 radical (unpaired) electrons. The molecule has 0 spiro atoms. The Labute approximate surface area is 372 Å². The van der Waals surface area contributed by atoms with Crippen LogP contribution < -0.4 is 0 Å². The molecular weight excluding hydrogens is 838 g/mol. The molecule has 16 heteroatoms. The van der Waals surface area contributed by atoms with Gasteiger partial charge >= 0.3 is 27.6 Å². The van der Waals surface area contributed by atoms with Crippen LogP contribution in [-0.4, -0.2) is 82.1 Å². The molecular formula is C46H80O14P2. The van der Waals surface area contributed by atoms with Gasteiger partial charge in [0.15, 0.2) is 6.10 Å². The average molecular weight is 919 g/mol. The normalized spacial score (nSPS) is 14.6. The summed E-state index contributed by atoms with van der Waals surface area (Å²) < 4.78 is 47.7. The minimum atomic E-state index is -4.88. The van der Waals surface area contributed by atoms with E-state index in [0.717, 1.165) is 96.3 Å². The van der Waals surface area contributed by atoms with Crippen molar-refractivity contribution in [3.8, 4) is 0 Å². The Kier molecular flexibility index (Phi) is 40.8. The molecule has 0 aliphatic heterocycles. The molecule has 0 aromatic heterocycles. The maximum atomic E-state index is 12.7. The zero-order chi connectivity index (χ0) is 45.8. The van der Waals surface area contributed by atoms with Gasteiger partial charge in [0, 0.05) is 19.4 Å². The van der Waals surface area contributed by atoms with Gasteiger partial charge in [0.2, 0.25) is 0 Å². The van der Waals surface area contributed by atoms with Gasteiger partial charge in [0.1, 0.15) is 12.7 Å². The number of hydrogen-bond donors (Lipinski definition) is 5. The summed E-state index contributed by atoms with van der Waals surface area (Å²) in [6.07, 6.45) is 44.8. The minimum absolute atomic E-state index is 0.0408. The predicted octanol–water partition coefficient (Wildman–Crippen LogP) is 10.8. The van der Waals surface area contributed by atoms with Crippen molar-refractivity contribution in [1.29, 1.82) is 0 Å². The van der Waals surface area contributed by atoms with Gasteiger partial charge in [-0.2, -0.15) is 0 Å². The second-order valence-electron chi connectivity index (χ2n) is 15.0. The van der Waals surface area contributed by atoms with E-state index in [1.807, 2.05) is 12.2 Å². The fraction of sp³-hybridized carbons (Fsp3) is 0.696. The largest absolute Gasteiger partial charge is 0.472 e. The molecule has 0 saturated carbocycles. The summed E-state index contributed by atoms with van der Waals surface area (Å²) in [5.41, 5.74) is 0. The van der Waals surface area contributed by atoms with Crippen LogP contribution in [0.1, 0.15) is 161 Å². The number of ether oxygens (including phenoxy) is 2. The number of aliphatic hydroxyl groups is 2. The third-order valence-corrected chi connectivity index (χ3v) is 10.5. The third kappa shape index (κ3) is 45.5. The van der Waals surface area contributed by atoms with E-state index in [0.29, 0.717) is 19.3 Å². The zero-order valence-corrected chi connectivity index (χ0v) is 39.2. The van der Waals surface area contributed by atoms with Crippen molar-refractivity contribution in [2.24, 2.45) is 0 Å². The van der Waals surface area contributed by atoms with Gasteiger partial charge in [-0.15, -0.1) is 0 Å². The van der Waals surface area contributed by atoms with Crippen LogP contribution in [0.25, 0.3) is 0 Å². The number of carbonyl (C=O) groups is 2. The zero-order valence-electron chi connectivity index (χ0n) is 37.4. The number of phosphoric acid groups is 2. The third-order valence-electron chi connectivity index (χ3n) is 9.11. The standard InChI is InChI=1S/C46H80O14P2/c1-2-3-4-5-6-7-8-9-10-12-15-18-21-24-27-30-33-36-45(49)56-41-44(42-59-62(54,55)58-40-43(48)39-57-61(51,52)53)60-46(50)37-34-31-28-25-22-19-16-13-11-14-17-20-23-26-29-32-35-38-47/h6-7,9-11,14,16,19-20,23,25,28,43-44,47-48H,2-5,8,12-13,15,17-18,21-22,24,26-27,29-42H2,1H3,(H,54,55)(H2,51,52,53)/b7-6-,10-9-,14-11-,19-16-,23-20-,28-25-/t43-,44+/m0/s1. The van der Waals surface area contributed by atoms with Gasteiger partial charge in [-0.1, -0.05) is 131 Å². The lowest BCUT2D eigenvalue weighted by molar-refractivity contribution is -0.161. The van der Waals surface area contributed by atoms with Gasteiger partial charge in [-0.05, 0) is 89.9 Å². The van der Waals surface area contributed by atoms with Gasteiger partial charge in [-0.3, -0.25) is 23.2 Å². The van der Waals surface area contributed by atoms with Crippen molar-refractivity contribution in [2.45, 2.75) is 173 Å². The maximum Gasteiger partial charge on any atom is 0.472 e. The van der Waals surface area contributed by atoms with Crippen molar-refractivity contribution in [3.63, 3.8) is 0 Å². The van der Waals surface area contributed by atoms with Gasteiger partial charge < -0.3 is 34.4 Å². The maximum absolute atomic E-state index is 12.7. The molecule has 5 N–H and O–H groups in total. The van der Waals surface area contributed by atoms with Crippen molar-refractivity contribution in [1.82, 2.24) is 0 Å². The van der Waals surface area contributed by atoms with E-state index < -0.39 is 66.2 Å². The van der Waals surface area contributed by atoms with Gasteiger partial charge in [0.05, 0.1) is 19.8 Å². The first-order valence-corrected chi connectivity index (χ1v) is 25.8. The van der Waals surface area contributed by atoms with Gasteiger partial charge in [-0.25, -0.2) is 9.13 Å². The van der Waals surface area contributed by atoms with Crippen molar-refractivity contribution < 1.29 is 66.7 Å².